The van der Waals surface area contributed by atoms with Gasteiger partial charge in [-0.1, -0.05) is 18.6 Å². The summed E-state index contributed by atoms with van der Waals surface area (Å²) in [5, 5.41) is 2.44. The van der Waals surface area contributed by atoms with Crippen LogP contribution in [0.25, 0.3) is 0 Å². The van der Waals surface area contributed by atoms with Crippen molar-refractivity contribution in [2.24, 2.45) is 0 Å². The normalized spacial score (nSPS) is 24.4. The second kappa shape index (κ2) is 6.92. The third kappa shape index (κ3) is 3.95. The minimum Gasteiger partial charge on any atom is -0.497 e. The Bertz CT molecular complexity index is 367. The van der Waals surface area contributed by atoms with Crippen molar-refractivity contribution in [3.63, 3.8) is 0 Å². The fraction of sp³-hybridized carbons (Fsp3) is 0.625. The van der Waals surface area contributed by atoms with Gasteiger partial charge in [0.2, 0.25) is 0 Å². The summed E-state index contributed by atoms with van der Waals surface area (Å²) in [6.45, 7) is 5.63. The number of methoxy groups -OCH3 is 1. The maximum absolute atomic E-state index is 5.17. The highest BCUT2D eigenvalue weighted by atomic mass is 16.5. The molecule has 0 saturated carbocycles. The minimum absolute atomic E-state index is 0.652. The highest BCUT2D eigenvalue weighted by molar-refractivity contribution is 5.27. The van der Waals surface area contributed by atoms with Crippen molar-refractivity contribution < 1.29 is 4.74 Å². The molecule has 1 aromatic carbocycles. The van der Waals surface area contributed by atoms with Gasteiger partial charge in [0.25, 0.3) is 0 Å². The van der Waals surface area contributed by atoms with Crippen LogP contribution in [0, 0.1) is 0 Å². The van der Waals surface area contributed by atoms with E-state index in [4.69, 9.17) is 4.74 Å². The number of ether oxygens (including phenoxy) is 1. The van der Waals surface area contributed by atoms with E-state index in [2.05, 4.69) is 36.4 Å². The van der Waals surface area contributed by atoms with E-state index in [9.17, 15) is 0 Å². The number of hydrogen-bond acceptors (Lipinski definition) is 3. The fourth-order valence-corrected chi connectivity index (χ4v) is 2.85. The zero-order valence-electron chi connectivity index (χ0n) is 12.4. The largest absolute Gasteiger partial charge is 0.497 e. The molecular formula is C16H26N2O. The highest BCUT2D eigenvalue weighted by Crippen LogP contribution is 2.20. The zero-order chi connectivity index (χ0) is 13.7. The molecular weight excluding hydrogens is 236 g/mol. The molecule has 2 rings (SSSR count). The number of nitrogens with one attached hydrogen (secondary N) is 1. The van der Waals surface area contributed by atoms with E-state index in [1.165, 1.54) is 24.8 Å². The van der Waals surface area contributed by atoms with Gasteiger partial charge in [0.1, 0.15) is 5.75 Å². The van der Waals surface area contributed by atoms with Gasteiger partial charge < -0.3 is 4.74 Å². The average Bonchev–Trinajstić information content (AvgIpc) is 2.43. The van der Waals surface area contributed by atoms with E-state index in [1.54, 1.807) is 7.11 Å². The van der Waals surface area contributed by atoms with Crippen LogP contribution in [0.5, 0.6) is 5.75 Å². The summed E-state index contributed by atoms with van der Waals surface area (Å²) in [6.07, 6.45) is 5.03. The van der Waals surface area contributed by atoms with Gasteiger partial charge in [-0.2, -0.15) is 0 Å². The predicted octanol–water partition coefficient (Wildman–Crippen LogP) is 3.01. The Morgan fingerprint density at radius 3 is 2.37 bits per heavy atom. The first-order valence-electron chi connectivity index (χ1n) is 7.35. The van der Waals surface area contributed by atoms with Gasteiger partial charge in [-0.3, -0.25) is 5.43 Å². The zero-order valence-corrected chi connectivity index (χ0v) is 12.4. The Balaban J connectivity index is 1.78. The first-order chi connectivity index (χ1) is 9.20. The molecule has 3 heteroatoms. The van der Waals surface area contributed by atoms with Crippen molar-refractivity contribution in [1.82, 2.24) is 10.4 Å². The summed E-state index contributed by atoms with van der Waals surface area (Å²) in [6, 6.07) is 9.65. The van der Waals surface area contributed by atoms with Crippen LogP contribution < -0.4 is 10.2 Å². The monoisotopic (exact) mass is 262 g/mol. The van der Waals surface area contributed by atoms with Crippen molar-refractivity contribution >= 4 is 0 Å². The number of nitrogens with zero attached hydrogens (tertiary/aromatic N) is 1. The number of hydrazine groups is 1. The average molecular weight is 262 g/mol. The lowest BCUT2D eigenvalue weighted by Gasteiger charge is -2.39. The summed E-state index contributed by atoms with van der Waals surface area (Å²) in [5.41, 5.74) is 4.95. The molecule has 19 heavy (non-hydrogen) atoms. The van der Waals surface area contributed by atoms with Crippen LogP contribution >= 0.6 is 0 Å². The van der Waals surface area contributed by atoms with Gasteiger partial charge in [-0.15, -0.1) is 0 Å². The number of rotatable bonds is 5. The van der Waals surface area contributed by atoms with Crippen molar-refractivity contribution in [3.05, 3.63) is 29.8 Å². The van der Waals surface area contributed by atoms with Crippen molar-refractivity contribution in [2.45, 2.75) is 51.6 Å². The molecule has 1 saturated heterocycles. The van der Waals surface area contributed by atoms with Crippen molar-refractivity contribution in [1.29, 1.82) is 0 Å². The molecule has 1 N–H and O–H groups in total. The van der Waals surface area contributed by atoms with Crippen molar-refractivity contribution in [3.8, 4) is 5.75 Å². The molecule has 1 aliphatic rings. The minimum atomic E-state index is 0.652. The van der Waals surface area contributed by atoms with Crippen LogP contribution in [0.3, 0.4) is 0 Å². The Morgan fingerprint density at radius 2 is 1.79 bits per heavy atom. The van der Waals surface area contributed by atoms with E-state index < -0.39 is 0 Å². The van der Waals surface area contributed by atoms with E-state index in [1.807, 2.05) is 12.1 Å². The number of benzene rings is 1. The van der Waals surface area contributed by atoms with Crippen LogP contribution in [0.1, 0.15) is 38.7 Å². The molecule has 1 fully saturated rings. The standard InChI is InChI=1S/C16H26N2O/c1-13-5-4-6-14(2)18(13)17-12-11-15-7-9-16(19-3)10-8-15/h7-10,13-14,17H,4-6,11-12H2,1-3H3. The van der Waals surface area contributed by atoms with Crippen LogP contribution in [-0.2, 0) is 6.42 Å². The Labute approximate surface area is 116 Å². The number of piperidine rings is 1. The summed E-state index contributed by atoms with van der Waals surface area (Å²) in [4.78, 5) is 0. The second-order valence-corrected chi connectivity index (χ2v) is 5.54. The summed E-state index contributed by atoms with van der Waals surface area (Å²) >= 11 is 0. The van der Waals surface area contributed by atoms with Crippen LogP contribution in [-0.4, -0.2) is 30.7 Å². The molecule has 1 heterocycles. The third-order valence-electron chi connectivity index (χ3n) is 4.06. The second-order valence-electron chi connectivity index (χ2n) is 5.54. The lowest BCUT2D eigenvalue weighted by molar-refractivity contribution is 0.0470. The quantitative estimate of drug-likeness (QED) is 0.883. The fourth-order valence-electron chi connectivity index (χ4n) is 2.85. The summed E-state index contributed by atoms with van der Waals surface area (Å²) in [7, 11) is 1.70. The molecule has 2 unspecified atom stereocenters. The molecule has 0 amide bonds. The van der Waals surface area contributed by atoms with Gasteiger partial charge >= 0.3 is 0 Å². The van der Waals surface area contributed by atoms with Gasteiger partial charge in [0.15, 0.2) is 0 Å². The van der Waals surface area contributed by atoms with E-state index >= 15 is 0 Å². The predicted molar refractivity (Wildman–Crippen MR) is 79.3 cm³/mol. The topological polar surface area (TPSA) is 24.5 Å². The smallest absolute Gasteiger partial charge is 0.118 e. The molecule has 0 radical (unpaired) electrons. The van der Waals surface area contributed by atoms with E-state index in [-0.39, 0.29) is 0 Å². The Morgan fingerprint density at radius 1 is 1.16 bits per heavy atom. The summed E-state index contributed by atoms with van der Waals surface area (Å²) in [5.74, 6) is 0.926. The molecule has 0 bridgehead atoms. The Hall–Kier alpha value is -1.06. The maximum Gasteiger partial charge on any atom is 0.118 e. The molecule has 0 aliphatic carbocycles. The number of hydrogen-bond donors (Lipinski definition) is 1. The molecule has 1 aromatic rings. The maximum atomic E-state index is 5.17. The molecule has 3 nitrogen and oxygen atoms in total. The van der Waals surface area contributed by atoms with Crippen LogP contribution in [0.2, 0.25) is 0 Å². The van der Waals surface area contributed by atoms with Gasteiger partial charge in [-0.05, 0) is 50.8 Å². The first kappa shape index (κ1) is 14.4. The summed E-state index contributed by atoms with van der Waals surface area (Å²) < 4.78 is 5.17. The molecule has 1 aliphatic heterocycles. The van der Waals surface area contributed by atoms with Crippen LogP contribution in [0.15, 0.2) is 24.3 Å². The Kier molecular flexibility index (Phi) is 5.23. The first-order valence-corrected chi connectivity index (χ1v) is 7.35. The lowest BCUT2D eigenvalue weighted by Crippen LogP contribution is -2.52. The van der Waals surface area contributed by atoms with Crippen molar-refractivity contribution in [2.75, 3.05) is 13.7 Å². The van der Waals surface area contributed by atoms with Crippen LogP contribution in [0.4, 0.5) is 0 Å². The lowest BCUT2D eigenvalue weighted by atomic mass is 10.00. The molecule has 0 spiro atoms. The molecule has 0 aromatic heterocycles. The van der Waals surface area contributed by atoms with Gasteiger partial charge in [0.05, 0.1) is 7.11 Å². The SMILES string of the molecule is COc1ccc(CCNN2C(C)CCCC2C)cc1. The third-order valence-corrected chi connectivity index (χ3v) is 4.06. The van der Waals surface area contributed by atoms with Gasteiger partial charge in [-0.25, -0.2) is 5.01 Å². The van der Waals surface area contributed by atoms with E-state index in [0.29, 0.717) is 12.1 Å². The van der Waals surface area contributed by atoms with Gasteiger partial charge in [0, 0.05) is 18.6 Å². The highest BCUT2D eigenvalue weighted by Gasteiger charge is 2.23. The molecule has 2 atom stereocenters. The van der Waals surface area contributed by atoms with E-state index in [0.717, 1.165) is 18.7 Å². The molecule has 106 valence electrons.